The molecule has 0 spiro atoms. The molecule has 0 amide bonds. The number of rotatable bonds is 5. The van der Waals surface area contributed by atoms with Crippen molar-refractivity contribution in [2.45, 2.75) is 38.5 Å². The van der Waals surface area contributed by atoms with Crippen LogP contribution in [0.4, 0.5) is 0 Å². The summed E-state index contributed by atoms with van der Waals surface area (Å²) in [4.78, 5) is 14.8. The maximum atomic E-state index is 12.1. The molecule has 18 heavy (non-hydrogen) atoms. The van der Waals surface area contributed by atoms with Gasteiger partial charge in [-0.1, -0.05) is 0 Å². The molecule has 0 saturated heterocycles. The van der Waals surface area contributed by atoms with Crippen molar-refractivity contribution in [3.8, 4) is 0 Å². The van der Waals surface area contributed by atoms with Gasteiger partial charge in [0.25, 0.3) is 0 Å². The molecule has 1 heterocycles. The van der Waals surface area contributed by atoms with Crippen LogP contribution in [0, 0.1) is 0 Å². The lowest BCUT2D eigenvalue weighted by molar-refractivity contribution is -0.145. The van der Waals surface area contributed by atoms with E-state index >= 15 is 0 Å². The summed E-state index contributed by atoms with van der Waals surface area (Å²) >= 11 is 0. The van der Waals surface area contributed by atoms with E-state index < -0.39 is 27.7 Å². The third kappa shape index (κ3) is 3.96. The summed E-state index contributed by atoms with van der Waals surface area (Å²) in [6, 6.07) is 2.80. The van der Waals surface area contributed by atoms with Crippen LogP contribution in [0.2, 0.25) is 0 Å². The van der Waals surface area contributed by atoms with Gasteiger partial charge in [-0.3, -0.25) is 0 Å². The second kappa shape index (κ2) is 6.15. The van der Waals surface area contributed by atoms with Crippen molar-refractivity contribution in [2.24, 2.45) is 0 Å². The number of ether oxygens (including phenoxy) is 1. The first-order valence-electron chi connectivity index (χ1n) is 5.84. The third-order valence-corrected chi connectivity index (χ3v) is 3.80. The molecular formula is C12H20N2O3S. The van der Waals surface area contributed by atoms with E-state index in [1.165, 1.54) is 0 Å². The molecule has 2 atom stereocenters. The average molecular weight is 272 g/mol. The van der Waals surface area contributed by atoms with E-state index in [0.717, 1.165) is 0 Å². The molecule has 0 aliphatic carbocycles. The maximum absolute atomic E-state index is 12.1. The zero-order chi connectivity index (χ0) is 13.8. The Bertz CT molecular complexity index is 409. The Hall–Kier alpha value is -1.14. The first-order chi connectivity index (χ1) is 8.36. The number of nitrogens with one attached hydrogen (secondary N) is 2. The largest absolute Gasteiger partial charge is 0.465 e. The highest BCUT2D eigenvalue weighted by atomic mass is 32.2. The van der Waals surface area contributed by atoms with E-state index in [0.29, 0.717) is 12.3 Å². The summed E-state index contributed by atoms with van der Waals surface area (Å²) in [6.07, 6.45) is 1.71. The van der Waals surface area contributed by atoms with Gasteiger partial charge in [0, 0.05) is 11.9 Å². The summed E-state index contributed by atoms with van der Waals surface area (Å²) in [5.41, 5.74) is 0.644. The standard InChI is InChI=1S/C12H20N2O3S/c1-5-17-11(15)10(9-7-6-8-13-9)14-18(16)12(2,3)4/h6-8,10,13-14H,5H2,1-4H3/t10-,18-/m0/s1. The van der Waals surface area contributed by atoms with Crippen LogP contribution in [0.25, 0.3) is 0 Å². The predicted molar refractivity (Wildman–Crippen MR) is 71.2 cm³/mol. The molecule has 5 nitrogen and oxygen atoms in total. The molecule has 0 aliphatic rings. The number of aromatic amines is 1. The van der Waals surface area contributed by atoms with Gasteiger partial charge in [-0.25, -0.2) is 13.7 Å². The number of carbonyl (C=O) groups excluding carboxylic acids is 1. The Balaban J connectivity index is 2.86. The first-order valence-corrected chi connectivity index (χ1v) is 6.99. The fourth-order valence-electron chi connectivity index (χ4n) is 1.27. The summed E-state index contributed by atoms with van der Waals surface area (Å²) < 4.78 is 19.4. The number of aromatic nitrogens is 1. The predicted octanol–water partition coefficient (Wildman–Crippen LogP) is 1.67. The molecule has 0 fully saturated rings. The van der Waals surface area contributed by atoms with Crippen molar-refractivity contribution in [3.63, 3.8) is 0 Å². The van der Waals surface area contributed by atoms with Crippen molar-refractivity contribution in [1.29, 1.82) is 0 Å². The smallest absolute Gasteiger partial charge is 0.330 e. The summed E-state index contributed by atoms with van der Waals surface area (Å²) in [5, 5.41) is 0. The zero-order valence-electron chi connectivity index (χ0n) is 11.1. The second-order valence-corrected chi connectivity index (χ2v) is 6.81. The highest BCUT2D eigenvalue weighted by molar-refractivity contribution is 7.84. The van der Waals surface area contributed by atoms with Crippen molar-refractivity contribution in [2.75, 3.05) is 6.61 Å². The molecule has 1 aromatic heterocycles. The monoisotopic (exact) mass is 272 g/mol. The SMILES string of the molecule is CCOC(=O)[C@@H](N[S@@](=O)C(C)(C)C)c1ccc[nH]1. The molecule has 0 aromatic carbocycles. The van der Waals surface area contributed by atoms with Crippen molar-refractivity contribution in [1.82, 2.24) is 9.71 Å². The Morgan fingerprint density at radius 2 is 2.22 bits per heavy atom. The Morgan fingerprint density at radius 1 is 1.56 bits per heavy atom. The van der Waals surface area contributed by atoms with Gasteiger partial charge in [0.1, 0.15) is 0 Å². The lowest BCUT2D eigenvalue weighted by Gasteiger charge is -2.22. The normalized spacial score (nSPS) is 15.1. The Labute approximate surface area is 110 Å². The Kier molecular flexibility index (Phi) is 5.10. The lowest BCUT2D eigenvalue weighted by Crippen LogP contribution is -2.39. The van der Waals surface area contributed by atoms with Crippen molar-refractivity contribution < 1.29 is 13.7 Å². The van der Waals surface area contributed by atoms with Gasteiger partial charge < -0.3 is 9.72 Å². The van der Waals surface area contributed by atoms with Crippen LogP contribution in [-0.4, -0.2) is 26.5 Å². The highest BCUT2D eigenvalue weighted by Crippen LogP contribution is 2.17. The average Bonchev–Trinajstić information content (AvgIpc) is 2.77. The van der Waals surface area contributed by atoms with E-state index in [1.807, 2.05) is 20.8 Å². The van der Waals surface area contributed by atoms with Crippen LogP contribution < -0.4 is 4.72 Å². The van der Waals surface area contributed by atoms with E-state index in [9.17, 15) is 9.00 Å². The molecule has 6 heteroatoms. The van der Waals surface area contributed by atoms with Gasteiger partial charge in [-0.2, -0.15) is 0 Å². The van der Waals surface area contributed by atoms with Crippen molar-refractivity contribution >= 4 is 17.0 Å². The van der Waals surface area contributed by atoms with Crippen molar-refractivity contribution in [3.05, 3.63) is 24.0 Å². The fourth-order valence-corrected chi connectivity index (χ4v) is 2.06. The first kappa shape index (κ1) is 14.9. The molecule has 1 aromatic rings. The topological polar surface area (TPSA) is 71.2 Å². The minimum Gasteiger partial charge on any atom is -0.465 e. The van der Waals surface area contributed by atoms with E-state index in [-0.39, 0.29) is 0 Å². The van der Waals surface area contributed by atoms with Crippen LogP contribution in [-0.2, 0) is 20.5 Å². The lowest BCUT2D eigenvalue weighted by atomic mass is 10.2. The molecule has 0 radical (unpaired) electrons. The fraction of sp³-hybridized carbons (Fsp3) is 0.583. The van der Waals surface area contributed by atoms with Crippen LogP contribution in [0.3, 0.4) is 0 Å². The maximum Gasteiger partial charge on any atom is 0.330 e. The van der Waals surface area contributed by atoms with E-state index in [4.69, 9.17) is 4.74 Å². The van der Waals surface area contributed by atoms with Crippen LogP contribution >= 0.6 is 0 Å². The van der Waals surface area contributed by atoms with Crippen LogP contribution in [0.5, 0.6) is 0 Å². The van der Waals surface area contributed by atoms with E-state index in [2.05, 4.69) is 9.71 Å². The molecule has 102 valence electrons. The minimum absolute atomic E-state index is 0.292. The molecule has 0 unspecified atom stereocenters. The number of H-pyrrole nitrogens is 1. The number of esters is 1. The summed E-state index contributed by atoms with van der Waals surface area (Å²) in [5.74, 6) is -0.433. The summed E-state index contributed by atoms with van der Waals surface area (Å²) in [7, 11) is -1.35. The van der Waals surface area contributed by atoms with Gasteiger partial charge in [-0.15, -0.1) is 0 Å². The van der Waals surface area contributed by atoms with Gasteiger partial charge in [0.05, 0.1) is 22.3 Å². The molecule has 0 bridgehead atoms. The number of carbonyl (C=O) groups is 1. The molecule has 1 rings (SSSR count). The quantitative estimate of drug-likeness (QED) is 0.801. The highest BCUT2D eigenvalue weighted by Gasteiger charge is 2.29. The summed E-state index contributed by atoms with van der Waals surface area (Å²) in [6.45, 7) is 7.55. The number of hydrogen-bond acceptors (Lipinski definition) is 3. The van der Waals surface area contributed by atoms with Crippen LogP contribution in [0.1, 0.15) is 39.4 Å². The zero-order valence-corrected chi connectivity index (χ0v) is 12.0. The van der Waals surface area contributed by atoms with Gasteiger partial charge in [-0.05, 0) is 39.8 Å². The van der Waals surface area contributed by atoms with E-state index in [1.54, 1.807) is 25.3 Å². The van der Waals surface area contributed by atoms with Gasteiger partial charge in [0.2, 0.25) is 0 Å². The number of hydrogen-bond donors (Lipinski definition) is 2. The van der Waals surface area contributed by atoms with Crippen LogP contribution in [0.15, 0.2) is 18.3 Å². The van der Waals surface area contributed by atoms with Gasteiger partial charge in [0.15, 0.2) is 6.04 Å². The molecule has 0 saturated carbocycles. The Morgan fingerprint density at radius 3 is 2.67 bits per heavy atom. The molecule has 0 aliphatic heterocycles. The molecular weight excluding hydrogens is 252 g/mol. The van der Waals surface area contributed by atoms with Gasteiger partial charge >= 0.3 is 5.97 Å². The minimum atomic E-state index is -1.35. The third-order valence-electron chi connectivity index (χ3n) is 2.24. The molecule has 2 N–H and O–H groups in total. The second-order valence-electron chi connectivity index (χ2n) is 4.81.